The third-order valence-corrected chi connectivity index (χ3v) is 6.38. The van der Waals surface area contributed by atoms with Crippen LogP contribution < -0.4 is 0 Å². The maximum Gasteiger partial charge on any atom is 0.324 e. The van der Waals surface area contributed by atoms with Crippen molar-refractivity contribution in [2.45, 2.75) is 43.6 Å². The van der Waals surface area contributed by atoms with Gasteiger partial charge in [-0.25, -0.2) is 4.98 Å². The molecule has 0 saturated carbocycles. The summed E-state index contributed by atoms with van der Waals surface area (Å²) in [5.41, 5.74) is -2.06. The maximum atomic E-state index is 12.8. The number of hydrogen-bond acceptors (Lipinski definition) is 8. The monoisotopic (exact) mass is 435 g/mol. The first kappa shape index (κ1) is 19.9. The average molecular weight is 436 g/mol. The Morgan fingerprint density at radius 1 is 1.34 bits per heavy atom. The molecule has 1 aromatic carbocycles. The van der Waals surface area contributed by atoms with Crippen LogP contribution in [0.1, 0.15) is 26.7 Å². The van der Waals surface area contributed by atoms with E-state index < -0.39 is 23.0 Å². The fourth-order valence-electron chi connectivity index (χ4n) is 3.73. The van der Waals surface area contributed by atoms with Crippen LogP contribution in [0.3, 0.4) is 0 Å². The van der Waals surface area contributed by atoms with E-state index in [1.54, 1.807) is 13.0 Å². The predicted molar refractivity (Wildman–Crippen MR) is 104 cm³/mol. The van der Waals surface area contributed by atoms with Gasteiger partial charge in [0.2, 0.25) is 5.16 Å². The number of aromatic nitrogens is 3. The number of H-pyrrole nitrogens is 1. The highest BCUT2D eigenvalue weighted by Gasteiger charge is 2.65. The number of halogens is 1. The number of cyclic esters (lactones) is 2. The first-order valence-corrected chi connectivity index (χ1v) is 10.4. The zero-order valence-corrected chi connectivity index (χ0v) is 17.3. The van der Waals surface area contributed by atoms with Crippen LogP contribution in [-0.2, 0) is 23.9 Å². The van der Waals surface area contributed by atoms with Crippen LogP contribution in [0.5, 0.6) is 0 Å². The molecule has 0 radical (unpaired) electrons. The second-order valence-corrected chi connectivity index (χ2v) is 8.81. The highest BCUT2D eigenvalue weighted by Crippen LogP contribution is 2.49. The van der Waals surface area contributed by atoms with Gasteiger partial charge in [-0.1, -0.05) is 35.5 Å². The number of Topliss-reactive ketones (excluding diaryl/α,β-unsaturated/α-hetero) is 1. The molecule has 2 saturated heterocycles. The van der Waals surface area contributed by atoms with Crippen LogP contribution >= 0.6 is 23.4 Å². The van der Waals surface area contributed by atoms with Gasteiger partial charge in [0, 0.05) is 18.4 Å². The minimum absolute atomic E-state index is 0.00965. The van der Waals surface area contributed by atoms with Crippen molar-refractivity contribution in [3.8, 4) is 11.4 Å². The van der Waals surface area contributed by atoms with Gasteiger partial charge in [0.15, 0.2) is 22.6 Å². The minimum atomic E-state index is -1.38. The van der Waals surface area contributed by atoms with Crippen molar-refractivity contribution in [3.05, 3.63) is 29.3 Å². The van der Waals surface area contributed by atoms with E-state index in [0.717, 1.165) is 11.8 Å². The molecule has 10 heteroatoms. The van der Waals surface area contributed by atoms with Crippen molar-refractivity contribution < 1.29 is 23.9 Å². The fraction of sp³-hybridized carbons (Fsp3) is 0.421. The summed E-state index contributed by atoms with van der Waals surface area (Å²) in [5.74, 6) is -1.14. The molecule has 2 aliphatic rings. The molecule has 3 atom stereocenters. The van der Waals surface area contributed by atoms with Crippen molar-refractivity contribution in [3.63, 3.8) is 0 Å². The lowest BCUT2D eigenvalue weighted by Crippen LogP contribution is -2.38. The lowest BCUT2D eigenvalue weighted by atomic mass is 9.77. The van der Waals surface area contributed by atoms with E-state index in [-0.39, 0.29) is 30.5 Å². The van der Waals surface area contributed by atoms with Gasteiger partial charge < -0.3 is 9.47 Å². The number of carbonyl (C=O) groups excluding carboxylic acids is 3. The Labute approximate surface area is 175 Å². The number of nitrogens with zero attached hydrogens (tertiary/aromatic N) is 2. The lowest BCUT2D eigenvalue weighted by molar-refractivity contribution is -0.162. The third kappa shape index (κ3) is 3.42. The molecule has 4 rings (SSSR count). The van der Waals surface area contributed by atoms with Crippen molar-refractivity contribution in [1.82, 2.24) is 15.2 Å². The molecule has 3 heterocycles. The summed E-state index contributed by atoms with van der Waals surface area (Å²) in [6.07, 6.45) is -0.165. The summed E-state index contributed by atoms with van der Waals surface area (Å²) in [4.78, 5) is 41.8. The van der Waals surface area contributed by atoms with Crippen LogP contribution in [-0.4, -0.2) is 50.4 Å². The highest BCUT2D eigenvalue weighted by atomic mass is 35.5. The number of nitrogens with one attached hydrogen (secondary N) is 1. The predicted octanol–water partition coefficient (Wildman–Crippen LogP) is 2.81. The third-order valence-electron chi connectivity index (χ3n) is 5.20. The van der Waals surface area contributed by atoms with Crippen LogP contribution in [0.25, 0.3) is 11.4 Å². The second-order valence-electron chi connectivity index (χ2n) is 7.46. The normalized spacial score (nSPS) is 28.6. The van der Waals surface area contributed by atoms with Crippen LogP contribution in [0.15, 0.2) is 29.4 Å². The van der Waals surface area contributed by atoms with Crippen molar-refractivity contribution >= 4 is 41.1 Å². The van der Waals surface area contributed by atoms with Crippen molar-refractivity contribution in [2.75, 3.05) is 5.75 Å². The Morgan fingerprint density at radius 2 is 2.10 bits per heavy atom. The number of aromatic amines is 1. The topological polar surface area (TPSA) is 111 Å². The summed E-state index contributed by atoms with van der Waals surface area (Å²) in [5, 5.41) is 7.79. The van der Waals surface area contributed by atoms with Gasteiger partial charge in [0.05, 0.1) is 10.8 Å². The SMILES string of the molecule is C[C@H]1C[C@@]2(C[C@@](C)(C(=O)CSc3n[nH]c(-c4ccccc4Cl)n3)OC2=O)C(=O)O1. The molecule has 2 aromatic rings. The van der Waals surface area contributed by atoms with Gasteiger partial charge in [0.1, 0.15) is 6.10 Å². The summed E-state index contributed by atoms with van der Waals surface area (Å²) >= 11 is 7.28. The van der Waals surface area contributed by atoms with E-state index in [0.29, 0.717) is 21.6 Å². The molecular weight excluding hydrogens is 418 g/mol. The number of benzene rings is 1. The maximum absolute atomic E-state index is 12.8. The van der Waals surface area contributed by atoms with Gasteiger partial charge in [-0.05, 0) is 26.0 Å². The first-order valence-electron chi connectivity index (χ1n) is 9.01. The molecule has 29 heavy (non-hydrogen) atoms. The van der Waals surface area contributed by atoms with E-state index >= 15 is 0 Å². The quantitative estimate of drug-likeness (QED) is 0.433. The zero-order chi connectivity index (χ0) is 20.8. The van der Waals surface area contributed by atoms with E-state index in [2.05, 4.69) is 15.2 Å². The lowest BCUT2D eigenvalue weighted by Gasteiger charge is -2.20. The number of hydrogen-bond donors (Lipinski definition) is 1. The molecule has 152 valence electrons. The van der Waals surface area contributed by atoms with Crippen LogP contribution in [0.4, 0.5) is 0 Å². The number of ketones is 1. The number of carbonyl (C=O) groups is 3. The van der Waals surface area contributed by atoms with Gasteiger partial charge in [-0.3, -0.25) is 19.5 Å². The Morgan fingerprint density at radius 3 is 2.79 bits per heavy atom. The molecule has 1 spiro atoms. The average Bonchev–Trinajstić information content (AvgIpc) is 3.31. The van der Waals surface area contributed by atoms with Crippen molar-refractivity contribution in [2.24, 2.45) is 5.41 Å². The van der Waals surface area contributed by atoms with E-state index in [4.69, 9.17) is 21.1 Å². The van der Waals surface area contributed by atoms with Gasteiger partial charge in [-0.2, -0.15) is 0 Å². The molecule has 0 unspecified atom stereocenters. The minimum Gasteiger partial charge on any atom is -0.462 e. The highest BCUT2D eigenvalue weighted by molar-refractivity contribution is 7.99. The largest absolute Gasteiger partial charge is 0.462 e. The number of rotatable bonds is 5. The number of thioether (sulfide) groups is 1. The van der Waals surface area contributed by atoms with Crippen molar-refractivity contribution in [1.29, 1.82) is 0 Å². The summed E-state index contributed by atoms with van der Waals surface area (Å²) < 4.78 is 10.5. The molecule has 1 aromatic heterocycles. The second kappa shape index (κ2) is 7.14. The first-order chi connectivity index (χ1) is 13.7. The summed E-state index contributed by atoms with van der Waals surface area (Å²) in [7, 11) is 0. The molecule has 2 aliphatic heterocycles. The Hall–Kier alpha value is -2.39. The molecular formula is C19H18ClN3O5S. The summed E-state index contributed by atoms with van der Waals surface area (Å²) in [6.45, 7) is 3.25. The Bertz CT molecular complexity index is 1010. The molecule has 2 fully saturated rings. The standard InChI is InChI=1S/C19H18ClN3O5S/c1-10-7-19(15(25)27-10)9-18(2,28-16(19)26)13(24)8-29-17-21-14(22-23-17)11-5-3-4-6-12(11)20/h3-6,10H,7-9H2,1-2H3,(H,21,22,23)/t10-,18-,19+/m0/s1. The van der Waals surface area contributed by atoms with Gasteiger partial charge in [-0.15, -0.1) is 5.10 Å². The van der Waals surface area contributed by atoms with E-state index in [1.807, 2.05) is 18.2 Å². The van der Waals surface area contributed by atoms with Crippen LogP contribution in [0, 0.1) is 5.41 Å². The fourth-order valence-corrected chi connectivity index (χ4v) is 4.79. The smallest absolute Gasteiger partial charge is 0.324 e. The summed E-state index contributed by atoms with van der Waals surface area (Å²) in [6, 6.07) is 7.20. The molecule has 8 nitrogen and oxygen atoms in total. The van der Waals surface area contributed by atoms with E-state index in [9.17, 15) is 14.4 Å². The Kier molecular flexibility index (Phi) is 4.90. The molecule has 0 bridgehead atoms. The number of ether oxygens (including phenoxy) is 2. The zero-order valence-electron chi connectivity index (χ0n) is 15.7. The molecule has 1 N–H and O–H groups in total. The Balaban J connectivity index is 1.44. The number of esters is 2. The molecule has 0 amide bonds. The van der Waals surface area contributed by atoms with Gasteiger partial charge in [0.25, 0.3) is 0 Å². The van der Waals surface area contributed by atoms with Crippen LogP contribution in [0.2, 0.25) is 5.02 Å². The van der Waals surface area contributed by atoms with Gasteiger partial charge >= 0.3 is 11.9 Å². The molecule has 0 aliphatic carbocycles. The van der Waals surface area contributed by atoms with E-state index in [1.165, 1.54) is 6.92 Å².